The molecule has 0 unspecified atom stereocenters. The molecule has 86 valence electrons. The Labute approximate surface area is 94.7 Å². The third-order valence-corrected chi connectivity index (χ3v) is 2.57. The van der Waals surface area contributed by atoms with E-state index in [-0.39, 0.29) is 0 Å². The Bertz CT molecular complexity index is 266. The first-order valence-corrected chi connectivity index (χ1v) is 6.08. The molecular weight excluding hydrogens is 182 g/mol. The molecule has 0 atom stereocenters. The summed E-state index contributed by atoms with van der Waals surface area (Å²) in [5.74, 6) is 0. The van der Waals surface area contributed by atoms with E-state index in [0.717, 1.165) is 0 Å². The summed E-state index contributed by atoms with van der Waals surface area (Å²) in [4.78, 5) is 0. The minimum absolute atomic E-state index is 1.17. The maximum Gasteiger partial charge on any atom is -0.0195 e. The number of hydrogen-bond acceptors (Lipinski definition) is 1. The monoisotopic (exact) mass is 207 g/mol. The summed E-state index contributed by atoms with van der Waals surface area (Å²) in [6, 6.07) is 6.95. The Kier molecular flexibility index (Phi) is 8.02. The predicted octanol–water partition coefficient (Wildman–Crippen LogP) is 3.34. The van der Waals surface area contributed by atoms with Gasteiger partial charge in [-0.05, 0) is 49.4 Å². The van der Waals surface area contributed by atoms with E-state index >= 15 is 0 Å². The van der Waals surface area contributed by atoms with Gasteiger partial charge in [0, 0.05) is 0 Å². The third-order valence-electron chi connectivity index (χ3n) is 2.57. The van der Waals surface area contributed by atoms with Gasteiger partial charge in [0.15, 0.2) is 0 Å². The Morgan fingerprint density at radius 2 is 1.67 bits per heavy atom. The highest BCUT2D eigenvalue weighted by Gasteiger charge is 2.09. The average Bonchev–Trinajstić information content (AvgIpc) is 2.81. The molecule has 2 N–H and O–H groups in total. The number of benzene rings is 1. The first-order valence-electron chi connectivity index (χ1n) is 6.08. The lowest BCUT2D eigenvalue weighted by Gasteiger charge is -2.00. The van der Waals surface area contributed by atoms with Crippen LogP contribution in [0, 0.1) is 0 Å². The molecule has 0 amide bonds. The van der Waals surface area contributed by atoms with Crippen molar-refractivity contribution in [3.63, 3.8) is 0 Å². The molecule has 1 heteroatoms. The zero-order valence-electron chi connectivity index (χ0n) is 10.6. The molecule has 0 saturated carbocycles. The lowest BCUT2D eigenvalue weighted by molar-refractivity contribution is 0.911. The van der Waals surface area contributed by atoms with E-state index < -0.39 is 0 Å². The summed E-state index contributed by atoms with van der Waals surface area (Å²) in [5.41, 5.74) is 9.18. The molecule has 0 radical (unpaired) electrons. The normalized spacial score (nSPS) is 11.8. The van der Waals surface area contributed by atoms with Crippen LogP contribution in [0.2, 0.25) is 0 Å². The maximum atomic E-state index is 4.50. The number of aryl methyl sites for hydroxylation is 3. The number of nitrogens with two attached hydrogens (primary N) is 1. The van der Waals surface area contributed by atoms with Gasteiger partial charge < -0.3 is 5.73 Å². The van der Waals surface area contributed by atoms with E-state index in [1.807, 2.05) is 13.8 Å². The number of rotatable bonds is 1. The molecule has 0 saturated heterocycles. The van der Waals surface area contributed by atoms with Crippen molar-refractivity contribution in [1.82, 2.24) is 0 Å². The Morgan fingerprint density at radius 3 is 2.27 bits per heavy atom. The summed E-state index contributed by atoms with van der Waals surface area (Å²) in [7, 11) is 1.50. The standard InChI is InChI=1S/C11H14.C2H6.CH5N/c1-2-9-6-7-10-4-3-5-11(10)8-9;2*1-2/h6-8H,2-5H2,1H3;1-2H3;2H2,1H3. The topological polar surface area (TPSA) is 26.0 Å². The van der Waals surface area contributed by atoms with Crippen molar-refractivity contribution in [2.45, 2.75) is 46.5 Å². The summed E-state index contributed by atoms with van der Waals surface area (Å²) >= 11 is 0. The second-order valence-electron chi connectivity index (χ2n) is 3.31. The van der Waals surface area contributed by atoms with Crippen molar-refractivity contribution in [2.24, 2.45) is 5.73 Å². The van der Waals surface area contributed by atoms with Crippen molar-refractivity contribution in [1.29, 1.82) is 0 Å². The van der Waals surface area contributed by atoms with Crippen molar-refractivity contribution in [3.8, 4) is 0 Å². The molecule has 1 aliphatic carbocycles. The first kappa shape index (κ1) is 14.2. The molecular formula is C14H25N. The molecule has 0 aromatic heterocycles. The van der Waals surface area contributed by atoms with Crippen molar-refractivity contribution in [2.75, 3.05) is 7.05 Å². The fourth-order valence-corrected chi connectivity index (χ4v) is 1.85. The van der Waals surface area contributed by atoms with Crippen molar-refractivity contribution >= 4 is 0 Å². The van der Waals surface area contributed by atoms with Crippen LogP contribution in [-0.4, -0.2) is 7.05 Å². The Morgan fingerprint density at radius 1 is 1.07 bits per heavy atom. The molecule has 1 aromatic rings. The van der Waals surface area contributed by atoms with Crippen molar-refractivity contribution < 1.29 is 0 Å². The largest absolute Gasteiger partial charge is 0.333 e. The van der Waals surface area contributed by atoms with Gasteiger partial charge in [-0.15, -0.1) is 0 Å². The second-order valence-corrected chi connectivity index (χ2v) is 3.31. The summed E-state index contributed by atoms with van der Waals surface area (Å²) in [5, 5.41) is 0. The van der Waals surface area contributed by atoms with Crippen LogP contribution in [0.15, 0.2) is 18.2 Å². The lowest BCUT2D eigenvalue weighted by atomic mass is 10.1. The summed E-state index contributed by atoms with van der Waals surface area (Å²) in [6.45, 7) is 6.22. The van der Waals surface area contributed by atoms with E-state index in [1.54, 1.807) is 11.1 Å². The van der Waals surface area contributed by atoms with Crippen LogP contribution in [0.3, 0.4) is 0 Å². The van der Waals surface area contributed by atoms with Gasteiger partial charge in [0.1, 0.15) is 0 Å². The van der Waals surface area contributed by atoms with Gasteiger partial charge >= 0.3 is 0 Å². The molecule has 1 nitrogen and oxygen atoms in total. The molecule has 2 rings (SSSR count). The minimum Gasteiger partial charge on any atom is -0.333 e. The van der Waals surface area contributed by atoms with E-state index in [1.165, 1.54) is 38.3 Å². The van der Waals surface area contributed by atoms with Crippen molar-refractivity contribution in [3.05, 3.63) is 34.9 Å². The molecule has 15 heavy (non-hydrogen) atoms. The van der Waals surface area contributed by atoms with E-state index in [4.69, 9.17) is 0 Å². The Hall–Kier alpha value is -0.820. The van der Waals surface area contributed by atoms with Gasteiger partial charge in [-0.1, -0.05) is 39.0 Å². The van der Waals surface area contributed by atoms with Crippen LogP contribution in [-0.2, 0) is 19.3 Å². The molecule has 0 bridgehead atoms. The molecule has 0 aliphatic heterocycles. The molecule has 0 heterocycles. The summed E-state index contributed by atoms with van der Waals surface area (Å²) < 4.78 is 0. The number of fused-ring (bicyclic) bond motifs is 1. The molecule has 1 aromatic carbocycles. The highest BCUT2D eigenvalue weighted by atomic mass is 14.4. The quantitative estimate of drug-likeness (QED) is 0.751. The first-order chi connectivity index (χ1) is 7.40. The van der Waals surface area contributed by atoms with E-state index in [0.29, 0.717) is 0 Å². The fourth-order valence-electron chi connectivity index (χ4n) is 1.85. The number of hydrogen-bond donors (Lipinski definition) is 1. The highest BCUT2D eigenvalue weighted by molar-refractivity contribution is 5.35. The zero-order chi connectivity index (χ0) is 11.7. The van der Waals surface area contributed by atoms with E-state index in [9.17, 15) is 0 Å². The fraction of sp³-hybridized carbons (Fsp3) is 0.571. The lowest BCUT2D eigenvalue weighted by Crippen LogP contribution is -1.85. The molecule has 0 fully saturated rings. The molecule has 0 spiro atoms. The van der Waals surface area contributed by atoms with Gasteiger partial charge in [0.2, 0.25) is 0 Å². The smallest absolute Gasteiger partial charge is 0.0195 e. The van der Waals surface area contributed by atoms with E-state index in [2.05, 4.69) is 30.9 Å². The SMILES string of the molecule is CC.CCc1ccc2c(c1)CCC2.CN. The van der Waals surface area contributed by atoms with Crippen LogP contribution in [0.5, 0.6) is 0 Å². The van der Waals surface area contributed by atoms with Crippen LogP contribution < -0.4 is 5.73 Å². The van der Waals surface area contributed by atoms with Gasteiger partial charge in [0.25, 0.3) is 0 Å². The van der Waals surface area contributed by atoms with Crippen LogP contribution in [0.4, 0.5) is 0 Å². The van der Waals surface area contributed by atoms with Gasteiger partial charge in [-0.25, -0.2) is 0 Å². The zero-order valence-corrected chi connectivity index (χ0v) is 10.6. The summed E-state index contributed by atoms with van der Waals surface area (Å²) in [6.07, 6.45) is 5.15. The second kappa shape index (κ2) is 8.49. The van der Waals surface area contributed by atoms with Crippen LogP contribution in [0.1, 0.15) is 43.9 Å². The third kappa shape index (κ3) is 4.05. The van der Waals surface area contributed by atoms with Gasteiger partial charge in [0.05, 0.1) is 0 Å². The molecule has 1 aliphatic rings. The van der Waals surface area contributed by atoms with Gasteiger partial charge in [-0.2, -0.15) is 0 Å². The highest BCUT2D eigenvalue weighted by Crippen LogP contribution is 2.22. The van der Waals surface area contributed by atoms with Crippen LogP contribution in [0.25, 0.3) is 0 Å². The minimum atomic E-state index is 1.17. The van der Waals surface area contributed by atoms with Gasteiger partial charge in [-0.3, -0.25) is 0 Å². The maximum absolute atomic E-state index is 4.50. The van der Waals surface area contributed by atoms with Crippen LogP contribution >= 0.6 is 0 Å². The Balaban J connectivity index is 0.000000442. The average molecular weight is 207 g/mol. The predicted molar refractivity (Wildman–Crippen MR) is 69.3 cm³/mol.